The molecular formula is C28H43N7O6. The van der Waals surface area contributed by atoms with E-state index in [1.54, 1.807) is 13.1 Å². The van der Waals surface area contributed by atoms with Crippen molar-refractivity contribution in [2.24, 2.45) is 23.1 Å². The highest BCUT2D eigenvalue weighted by molar-refractivity contribution is 5.95. The number of carboxylic acid groups (broad SMARTS) is 1. The predicted molar refractivity (Wildman–Crippen MR) is 154 cm³/mol. The Morgan fingerprint density at radius 3 is 2.24 bits per heavy atom. The number of amides is 4. The van der Waals surface area contributed by atoms with Crippen molar-refractivity contribution in [3.63, 3.8) is 0 Å². The van der Waals surface area contributed by atoms with Crippen molar-refractivity contribution < 1.29 is 29.1 Å². The Balaban J connectivity index is 2.31. The lowest BCUT2D eigenvalue weighted by molar-refractivity contribution is -0.143. The molecule has 0 radical (unpaired) electrons. The van der Waals surface area contributed by atoms with Gasteiger partial charge in [-0.2, -0.15) is 0 Å². The van der Waals surface area contributed by atoms with E-state index in [0.717, 1.165) is 16.5 Å². The number of unbranched alkanes of at least 4 members (excludes halogenated alkanes) is 1. The van der Waals surface area contributed by atoms with Crippen LogP contribution in [-0.2, 0) is 30.4 Å². The second kappa shape index (κ2) is 16.3. The highest BCUT2D eigenvalue weighted by Gasteiger charge is 2.32. The smallest absolute Gasteiger partial charge is 0.326 e. The number of hydrogen-bond acceptors (Lipinski definition) is 7. The molecule has 1 heterocycles. The molecule has 0 aliphatic rings. The third kappa shape index (κ3) is 10.2. The first-order chi connectivity index (χ1) is 19.5. The summed E-state index contributed by atoms with van der Waals surface area (Å²) in [6.45, 7) is 3.97. The summed E-state index contributed by atoms with van der Waals surface area (Å²) in [6, 6.07) is 2.93. The highest BCUT2D eigenvalue weighted by atomic mass is 16.4. The predicted octanol–water partition coefficient (Wildman–Crippen LogP) is 0.0173. The number of aromatic nitrogens is 1. The monoisotopic (exact) mass is 573 g/mol. The van der Waals surface area contributed by atoms with Crippen molar-refractivity contribution in [1.82, 2.24) is 20.9 Å². The Kier molecular flexibility index (Phi) is 13.2. The average Bonchev–Trinajstić information content (AvgIpc) is 3.35. The quantitative estimate of drug-likeness (QED) is 0.113. The number of fused-ring (bicyclic) bond motifs is 1. The average molecular weight is 574 g/mol. The number of carbonyl (C=O) groups excluding carboxylic acids is 4. The summed E-state index contributed by atoms with van der Waals surface area (Å²) in [4.78, 5) is 66.1. The van der Waals surface area contributed by atoms with Gasteiger partial charge in [0.25, 0.3) is 0 Å². The molecule has 0 fully saturated rings. The first-order valence-electron chi connectivity index (χ1n) is 13.9. The Morgan fingerprint density at radius 2 is 1.61 bits per heavy atom. The van der Waals surface area contributed by atoms with Crippen LogP contribution in [0.2, 0.25) is 0 Å². The van der Waals surface area contributed by atoms with Gasteiger partial charge in [-0.05, 0) is 43.4 Å². The molecule has 1 aromatic heterocycles. The fraction of sp³-hybridized carbons (Fsp3) is 0.536. The largest absolute Gasteiger partial charge is 0.480 e. The van der Waals surface area contributed by atoms with Gasteiger partial charge >= 0.3 is 5.97 Å². The Labute approximate surface area is 239 Å². The molecule has 41 heavy (non-hydrogen) atoms. The summed E-state index contributed by atoms with van der Waals surface area (Å²) >= 11 is 0. The number of rotatable bonds is 18. The number of H-pyrrole nitrogens is 1. The fourth-order valence-electron chi connectivity index (χ4n) is 4.41. The van der Waals surface area contributed by atoms with E-state index in [-0.39, 0.29) is 25.2 Å². The molecule has 1 aromatic carbocycles. The lowest BCUT2D eigenvalue weighted by atomic mass is 9.97. The maximum atomic E-state index is 13.5. The van der Waals surface area contributed by atoms with Crippen LogP contribution < -0.4 is 33.2 Å². The van der Waals surface area contributed by atoms with E-state index in [4.69, 9.17) is 17.2 Å². The van der Waals surface area contributed by atoms with Crippen LogP contribution in [0.5, 0.6) is 0 Å². The van der Waals surface area contributed by atoms with Gasteiger partial charge in [-0.1, -0.05) is 44.9 Å². The van der Waals surface area contributed by atoms with Crippen LogP contribution in [0, 0.1) is 5.92 Å². The van der Waals surface area contributed by atoms with Crippen LogP contribution in [0.3, 0.4) is 0 Å². The third-order valence-corrected chi connectivity index (χ3v) is 7.13. The summed E-state index contributed by atoms with van der Waals surface area (Å²) in [5, 5.41) is 18.3. The highest BCUT2D eigenvalue weighted by Crippen LogP contribution is 2.20. The van der Waals surface area contributed by atoms with E-state index in [1.807, 2.05) is 31.2 Å². The number of benzene rings is 1. The van der Waals surface area contributed by atoms with Gasteiger partial charge in [0.1, 0.15) is 18.1 Å². The molecule has 0 saturated carbocycles. The van der Waals surface area contributed by atoms with Crippen molar-refractivity contribution in [3.05, 3.63) is 36.0 Å². The third-order valence-electron chi connectivity index (χ3n) is 7.13. The maximum Gasteiger partial charge on any atom is 0.326 e. The van der Waals surface area contributed by atoms with E-state index in [1.165, 1.54) is 0 Å². The zero-order chi connectivity index (χ0) is 30.5. The van der Waals surface area contributed by atoms with Crippen LogP contribution >= 0.6 is 0 Å². The first-order valence-corrected chi connectivity index (χ1v) is 13.9. The second-order valence-corrected chi connectivity index (χ2v) is 10.3. The molecule has 5 atom stereocenters. The van der Waals surface area contributed by atoms with Gasteiger partial charge in [0.2, 0.25) is 23.6 Å². The zero-order valence-corrected chi connectivity index (χ0v) is 23.7. The molecule has 0 aliphatic carbocycles. The number of carbonyl (C=O) groups is 5. The molecule has 13 heteroatoms. The number of hydrogen-bond donors (Lipinski definition) is 8. The summed E-state index contributed by atoms with van der Waals surface area (Å²) < 4.78 is 0. The summed E-state index contributed by atoms with van der Waals surface area (Å²) in [6.07, 6.45) is 3.59. The minimum Gasteiger partial charge on any atom is -0.480 e. The maximum absolute atomic E-state index is 13.5. The van der Waals surface area contributed by atoms with Crippen LogP contribution in [0.15, 0.2) is 30.5 Å². The minimum atomic E-state index is -1.21. The molecule has 13 nitrogen and oxygen atoms in total. The summed E-state index contributed by atoms with van der Waals surface area (Å²) in [5.74, 6) is -4.26. The van der Waals surface area contributed by atoms with Gasteiger partial charge in [0, 0.05) is 29.9 Å². The molecule has 2 aromatic rings. The van der Waals surface area contributed by atoms with Crippen molar-refractivity contribution in [1.29, 1.82) is 0 Å². The second-order valence-electron chi connectivity index (χ2n) is 10.3. The molecule has 0 aliphatic heterocycles. The van der Waals surface area contributed by atoms with Gasteiger partial charge in [-0.3, -0.25) is 19.2 Å². The number of nitrogens with one attached hydrogen (secondary N) is 4. The van der Waals surface area contributed by atoms with E-state index in [9.17, 15) is 29.1 Å². The van der Waals surface area contributed by atoms with E-state index >= 15 is 0 Å². The fourth-order valence-corrected chi connectivity index (χ4v) is 4.41. The van der Waals surface area contributed by atoms with Crippen LogP contribution in [0.1, 0.15) is 57.9 Å². The van der Waals surface area contributed by atoms with E-state index in [2.05, 4.69) is 20.9 Å². The first kappa shape index (κ1) is 33.2. The zero-order valence-electron chi connectivity index (χ0n) is 23.7. The Bertz CT molecular complexity index is 1200. The van der Waals surface area contributed by atoms with Gasteiger partial charge < -0.3 is 43.2 Å². The molecule has 2 rings (SSSR count). The van der Waals surface area contributed by atoms with Crippen LogP contribution in [0.25, 0.3) is 10.9 Å². The van der Waals surface area contributed by atoms with Crippen LogP contribution in [-0.4, -0.2) is 70.4 Å². The minimum absolute atomic E-state index is 0.0313. The van der Waals surface area contributed by atoms with Crippen molar-refractivity contribution in [3.8, 4) is 0 Å². The number of para-hydroxylation sites is 1. The molecular weight excluding hydrogens is 530 g/mol. The SMILES string of the molecule is CCC(C)C(NC(=O)C(Cc1c[nH]c2ccccc12)NC(=O)C(CCC(N)=O)NC(=O)C(N)CCCCN)C(=O)O. The van der Waals surface area contributed by atoms with E-state index in [0.29, 0.717) is 32.2 Å². The topological polar surface area (TPSA) is 236 Å². The van der Waals surface area contributed by atoms with Gasteiger partial charge in [-0.15, -0.1) is 0 Å². The Hall–Kier alpha value is -3.97. The van der Waals surface area contributed by atoms with Gasteiger partial charge in [0.15, 0.2) is 0 Å². The lowest BCUT2D eigenvalue weighted by Gasteiger charge is -2.26. The van der Waals surface area contributed by atoms with Crippen LogP contribution in [0.4, 0.5) is 0 Å². The van der Waals surface area contributed by atoms with Crippen molar-refractivity contribution in [2.75, 3.05) is 6.54 Å². The Morgan fingerprint density at radius 1 is 0.951 bits per heavy atom. The summed E-state index contributed by atoms with van der Waals surface area (Å²) in [7, 11) is 0. The number of aliphatic carboxylic acids is 1. The molecule has 0 spiro atoms. The van der Waals surface area contributed by atoms with E-state index < -0.39 is 53.8 Å². The standard InChI is InChI=1S/C28H43N7O6/c1-3-16(2)24(28(40)41)35-27(39)22(14-17-15-32-20-10-5-4-8-18(17)20)34-26(38)21(11-12-23(31)36)33-25(37)19(30)9-6-7-13-29/h4-5,8,10,15-16,19,21-22,24,32H,3,6-7,9,11-14,29-30H2,1-2H3,(H2,31,36)(H,33,37)(H,34,38)(H,35,39)(H,40,41). The van der Waals surface area contributed by atoms with Crippen molar-refractivity contribution in [2.45, 2.75) is 83.0 Å². The number of nitrogens with two attached hydrogens (primary N) is 3. The number of primary amides is 1. The molecule has 0 bridgehead atoms. The lowest BCUT2D eigenvalue weighted by Crippen LogP contribution is -2.58. The number of aromatic amines is 1. The molecule has 226 valence electrons. The number of carboxylic acids is 1. The van der Waals surface area contributed by atoms with Crippen molar-refractivity contribution >= 4 is 40.5 Å². The molecule has 4 amide bonds. The summed E-state index contributed by atoms with van der Waals surface area (Å²) in [5.41, 5.74) is 18.3. The normalized spacial score (nSPS) is 14.8. The van der Waals surface area contributed by atoms with Gasteiger partial charge in [0.05, 0.1) is 6.04 Å². The van der Waals surface area contributed by atoms with Gasteiger partial charge in [-0.25, -0.2) is 4.79 Å². The molecule has 0 saturated heterocycles. The molecule has 11 N–H and O–H groups in total. The molecule has 5 unspecified atom stereocenters.